The van der Waals surface area contributed by atoms with E-state index in [-0.39, 0.29) is 5.91 Å². The molecule has 0 aliphatic carbocycles. The van der Waals surface area contributed by atoms with Crippen molar-refractivity contribution in [1.29, 1.82) is 0 Å². The van der Waals surface area contributed by atoms with E-state index in [0.717, 1.165) is 34.5 Å². The lowest BCUT2D eigenvalue weighted by atomic mass is 10.1. The predicted molar refractivity (Wildman–Crippen MR) is 111 cm³/mol. The number of methoxy groups -OCH3 is 1. The van der Waals surface area contributed by atoms with Gasteiger partial charge in [0.25, 0.3) is 5.91 Å². The highest BCUT2D eigenvalue weighted by atomic mass is 16.5. The molecule has 3 rings (SSSR count). The first-order valence-corrected chi connectivity index (χ1v) is 9.15. The number of anilines is 2. The minimum atomic E-state index is -0.260. The van der Waals surface area contributed by atoms with Crippen molar-refractivity contribution in [3.63, 3.8) is 0 Å². The molecular formula is C22H24N4O2. The third kappa shape index (κ3) is 4.65. The molecule has 6 heteroatoms. The van der Waals surface area contributed by atoms with Gasteiger partial charge in [-0.25, -0.2) is 9.97 Å². The van der Waals surface area contributed by atoms with Gasteiger partial charge in [-0.15, -0.1) is 0 Å². The fourth-order valence-corrected chi connectivity index (χ4v) is 2.86. The quantitative estimate of drug-likeness (QED) is 0.652. The summed E-state index contributed by atoms with van der Waals surface area (Å²) < 4.78 is 5.36. The van der Waals surface area contributed by atoms with Gasteiger partial charge in [-0.2, -0.15) is 0 Å². The maximum absolute atomic E-state index is 12.6. The Morgan fingerprint density at radius 1 is 1.07 bits per heavy atom. The SMILES string of the molecule is COc1ccccc1CCNc1nccc(C(=O)Nc2cccc(C)c2C)n1. The number of aryl methyl sites for hydroxylation is 1. The van der Waals surface area contributed by atoms with Gasteiger partial charge < -0.3 is 15.4 Å². The van der Waals surface area contributed by atoms with Crippen LogP contribution in [-0.4, -0.2) is 29.5 Å². The molecule has 1 heterocycles. The van der Waals surface area contributed by atoms with Crippen LogP contribution >= 0.6 is 0 Å². The number of carbonyl (C=O) groups excluding carboxylic acids is 1. The maximum Gasteiger partial charge on any atom is 0.274 e. The van der Waals surface area contributed by atoms with Crippen molar-refractivity contribution in [2.24, 2.45) is 0 Å². The number of hydrogen-bond donors (Lipinski definition) is 2. The van der Waals surface area contributed by atoms with Crippen LogP contribution in [0.5, 0.6) is 5.75 Å². The fourth-order valence-electron chi connectivity index (χ4n) is 2.86. The summed E-state index contributed by atoms with van der Waals surface area (Å²) in [5.74, 6) is 1.01. The van der Waals surface area contributed by atoms with Crippen LogP contribution in [0.3, 0.4) is 0 Å². The molecule has 0 aliphatic heterocycles. The summed E-state index contributed by atoms with van der Waals surface area (Å²) in [6.07, 6.45) is 2.34. The van der Waals surface area contributed by atoms with Crippen molar-refractivity contribution < 1.29 is 9.53 Å². The zero-order valence-corrected chi connectivity index (χ0v) is 16.3. The molecule has 1 aromatic heterocycles. The Morgan fingerprint density at radius 3 is 2.71 bits per heavy atom. The molecule has 2 N–H and O–H groups in total. The smallest absolute Gasteiger partial charge is 0.274 e. The Bertz CT molecular complexity index is 972. The molecule has 2 aromatic carbocycles. The molecule has 0 saturated heterocycles. The molecule has 0 radical (unpaired) electrons. The molecule has 0 aliphatic rings. The molecule has 144 valence electrons. The van der Waals surface area contributed by atoms with Crippen LogP contribution in [0.2, 0.25) is 0 Å². The molecule has 0 atom stereocenters. The summed E-state index contributed by atoms with van der Waals surface area (Å²) >= 11 is 0. The summed E-state index contributed by atoms with van der Waals surface area (Å²) in [6, 6.07) is 15.3. The summed E-state index contributed by atoms with van der Waals surface area (Å²) in [5, 5.41) is 6.08. The van der Waals surface area contributed by atoms with Crippen molar-refractivity contribution in [3.05, 3.63) is 77.1 Å². The minimum Gasteiger partial charge on any atom is -0.496 e. The van der Waals surface area contributed by atoms with Gasteiger partial charge in [-0.3, -0.25) is 4.79 Å². The standard InChI is InChI=1S/C22H24N4O2/c1-15-7-6-9-18(16(15)2)25-21(27)19-12-14-24-22(26-19)23-13-11-17-8-4-5-10-20(17)28-3/h4-10,12,14H,11,13H2,1-3H3,(H,25,27)(H,23,24,26). The molecular weight excluding hydrogens is 352 g/mol. The number of carbonyl (C=O) groups is 1. The topological polar surface area (TPSA) is 76.1 Å². The number of rotatable bonds is 7. The third-order valence-electron chi connectivity index (χ3n) is 4.61. The summed E-state index contributed by atoms with van der Waals surface area (Å²) in [4.78, 5) is 21.1. The van der Waals surface area contributed by atoms with Crippen molar-refractivity contribution in [3.8, 4) is 5.75 Å². The van der Waals surface area contributed by atoms with E-state index in [4.69, 9.17) is 4.74 Å². The Kier molecular flexibility index (Phi) is 6.22. The Morgan fingerprint density at radius 2 is 1.89 bits per heavy atom. The second kappa shape index (κ2) is 8.99. The number of nitrogens with one attached hydrogen (secondary N) is 2. The van der Waals surface area contributed by atoms with Crippen LogP contribution in [0, 0.1) is 13.8 Å². The minimum absolute atomic E-state index is 0.260. The summed E-state index contributed by atoms with van der Waals surface area (Å²) in [5.41, 5.74) is 4.37. The highest BCUT2D eigenvalue weighted by molar-refractivity contribution is 6.03. The molecule has 0 fully saturated rings. The van der Waals surface area contributed by atoms with Crippen LogP contribution in [0.1, 0.15) is 27.2 Å². The first-order valence-electron chi connectivity index (χ1n) is 9.15. The average molecular weight is 376 g/mol. The van der Waals surface area contributed by atoms with Crippen LogP contribution < -0.4 is 15.4 Å². The first kappa shape index (κ1) is 19.4. The normalized spacial score (nSPS) is 10.4. The number of para-hydroxylation sites is 1. The molecule has 0 saturated carbocycles. The van der Waals surface area contributed by atoms with E-state index >= 15 is 0 Å². The number of amides is 1. The fraction of sp³-hybridized carbons (Fsp3) is 0.227. The highest BCUT2D eigenvalue weighted by Gasteiger charge is 2.11. The Balaban J connectivity index is 1.63. The third-order valence-corrected chi connectivity index (χ3v) is 4.61. The van der Waals surface area contributed by atoms with E-state index in [1.807, 2.05) is 56.3 Å². The van der Waals surface area contributed by atoms with E-state index in [0.29, 0.717) is 18.2 Å². The molecule has 6 nitrogen and oxygen atoms in total. The lowest BCUT2D eigenvalue weighted by Gasteiger charge is -2.11. The van der Waals surface area contributed by atoms with Crippen LogP contribution in [-0.2, 0) is 6.42 Å². The van der Waals surface area contributed by atoms with Gasteiger partial charge in [-0.1, -0.05) is 30.3 Å². The van der Waals surface area contributed by atoms with E-state index in [1.165, 1.54) is 0 Å². The van der Waals surface area contributed by atoms with E-state index in [2.05, 4.69) is 20.6 Å². The summed E-state index contributed by atoms with van der Waals surface area (Å²) in [7, 11) is 1.66. The van der Waals surface area contributed by atoms with Gasteiger partial charge in [-0.05, 0) is 55.2 Å². The van der Waals surface area contributed by atoms with Crippen molar-refractivity contribution in [1.82, 2.24) is 9.97 Å². The van der Waals surface area contributed by atoms with Crippen molar-refractivity contribution in [2.45, 2.75) is 20.3 Å². The molecule has 3 aromatic rings. The average Bonchev–Trinajstić information content (AvgIpc) is 2.72. The molecule has 0 unspecified atom stereocenters. The van der Waals surface area contributed by atoms with E-state index < -0.39 is 0 Å². The van der Waals surface area contributed by atoms with Gasteiger partial charge in [0, 0.05) is 18.4 Å². The van der Waals surface area contributed by atoms with Crippen molar-refractivity contribution in [2.75, 3.05) is 24.3 Å². The molecule has 0 spiro atoms. The Labute approximate surface area is 165 Å². The van der Waals surface area contributed by atoms with Gasteiger partial charge in [0.2, 0.25) is 5.95 Å². The van der Waals surface area contributed by atoms with Gasteiger partial charge in [0.05, 0.1) is 7.11 Å². The van der Waals surface area contributed by atoms with Crippen molar-refractivity contribution >= 4 is 17.5 Å². The largest absolute Gasteiger partial charge is 0.496 e. The highest BCUT2D eigenvalue weighted by Crippen LogP contribution is 2.19. The zero-order chi connectivity index (χ0) is 19.9. The molecule has 28 heavy (non-hydrogen) atoms. The number of nitrogens with zero attached hydrogens (tertiary/aromatic N) is 2. The van der Waals surface area contributed by atoms with Crippen LogP contribution in [0.25, 0.3) is 0 Å². The van der Waals surface area contributed by atoms with E-state index in [9.17, 15) is 4.79 Å². The second-order valence-corrected chi connectivity index (χ2v) is 6.46. The van der Waals surface area contributed by atoms with E-state index in [1.54, 1.807) is 19.4 Å². The number of benzene rings is 2. The Hall–Kier alpha value is -3.41. The number of hydrogen-bond acceptors (Lipinski definition) is 5. The van der Waals surface area contributed by atoms with Gasteiger partial charge in [0.15, 0.2) is 0 Å². The summed E-state index contributed by atoms with van der Waals surface area (Å²) in [6.45, 7) is 4.62. The first-order chi connectivity index (χ1) is 13.6. The lowest BCUT2D eigenvalue weighted by molar-refractivity contribution is 0.102. The van der Waals surface area contributed by atoms with Gasteiger partial charge in [0.1, 0.15) is 11.4 Å². The van der Waals surface area contributed by atoms with Crippen LogP contribution in [0.4, 0.5) is 11.6 Å². The zero-order valence-electron chi connectivity index (χ0n) is 16.3. The molecule has 1 amide bonds. The lowest BCUT2D eigenvalue weighted by Crippen LogP contribution is -2.16. The predicted octanol–water partition coefficient (Wildman–Crippen LogP) is 4.01. The molecule has 0 bridgehead atoms. The van der Waals surface area contributed by atoms with Crippen LogP contribution in [0.15, 0.2) is 54.7 Å². The maximum atomic E-state index is 12.6. The monoisotopic (exact) mass is 376 g/mol. The number of aromatic nitrogens is 2. The van der Waals surface area contributed by atoms with Gasteiger partial charge >= 0.3 is 0 Å². The number of ether oxygens (including phenoxy) is 1. The second-order valence-electron chi connectivity index (χ2n) is 6.46.